The SMILES string of the molecule is C=CC(CO)NS(=O)(=O)c1ccc(C)cc1. The van der Waals surface area contributed by atoms with E-state index in [-0.39, 0.29) is 11.5 Å². The van der Waals surface area contributed by atoms with Gasteiger partial charge < -0.3 is 5.11 Å². The van der Waals surface area contributed by atoms with Gasteiger partial charge >= 0.3 is 0 Å². The van der Waals surface area contributed by atoms with Crippen LogP contribution in [0.15, 0.2) is 41.8 Å². The van der Waals surface area contributed by atoms with E-state index in [9.17, 15) is 8.42 Å². The molecule has 4 nitrogen and oxygen atoms in total. The summed E-state index contributed by atoms with van der Waals surface area (Å²) in [6, 6.07) is 5.82. The number of aliphatic hydroxyl groups excluding tert-OH is 1. The van der Waals surface area contributed by atoms with Crippen LogP contribution >= 0.6 is 0 Å². The Hall–Kier alpha value is -1.17. The van der Waals surface area contributed by atoms with Crippen LogP contribution in [-0.4, -0.2) is 26.2 Å². The molecule has 88 valence electrons. The Labute approximate surface area is 95.7 Å². The minimum absolute atomic E-state index is 0.179. The summed E-state index contributed by atoms with van der Waals surface area (Å²) in [5.41, 5.74) is 0.987. The first-order valence-electron chi connectivity index (χ1n) is 4.82. The van der Waals surface area contributed by atoms with Gasteiger partial charge in [-0.05, 0) is 19.1 Å². The summed E-state index contributed by atoms with van der Waals surface area (Å²) < 4.78 is 25.9. The molecule has 0 bridgehead atoms. The average Bonchev–Trinajstić information content (AvgIpc) is 2.26. The molecule has 0 amide bonds. The van der Waals surface area contributed by atoms with Crippen molar-refractivity contribution in [1.82, 2.24) is 4.72 Å². The zero-order valence-corrected chi connectivity index (χ0v) is 9.87. The van der Waals surface area contributed by atoms with Gasteiger partial charge in [0.1, 0.15) is 0 Å². The molecule has 1 rings (SSSR count). The second-order valence-electron chi connectivity index (χ2n) is 3.46. The summed E-state index contributed by atoms with van der Waals surface area (Å²) in [5, 5.41) is 8.88. The van der Waals surface area contributed by atoms with E-state index in [2.05, 4.69) is 11.3 Å². The zero-order valence-electron chi connectivity index (χ0n) is 9.05. The number of nitrogens with one attached hydrogen (secondary N) is 1. The largest absolute Gasteiger partial charge is 0.394 e. The monoisotopic (exact) mass is 241 g/mol. The van der Waals surface area contributed by atoms with E-state index in [4.69, 9.17) is 5.11 Å². The highest BCUT2D eigenvalue weighted by Gasteiger charge is 2.17. The van der Waals surface area contributed by atoms with E-state index in [0.29, 0.717) is 0 Å². The summed E-state index contributed by atoms with van der Waals surface area (Å²) in [6.45, 7) is 5.01. The van der Waals surface area contributed by atoms with Crippen molar-refractivity contribution in [1.29, 1.82) is 0 Å². The summed E-state index contributed by atoms with van der Waals surface area (Å²) in [5.74, 6) is 0. The second kappa shape index (κ2) is 5.25. The fourth-order valence-electron chi connectivity index (χ4n) is 1.14. The van der Waals surface area contributed by atoms with Crippen LogP contribution in [0.1, 0.15) is 5.56 Å². The maximum absolute atomic E-state index is 11.8. The average molecular weight is 241 g/mol. The van der Waals surface area contributed by atoms with Gasteiger partial charge in [0.15, 0.2) is 0 Å². The fraction of sp³-hybridized carbons (Fsp3) is 0.273. The Morgan fingerprint density at radius 1 is 1.44 bits per heavy atom. The van der Waals surface area contributed by atoms with Crippen molar-refractivity contribution in [2.75, 3.05) is 6.61 Å². The van der Waals surface area contributed by atoms with Crippen molar-refractivity contribution in [3.8, 4) is 0 Å². The highest BCUT2D eigenvalue weighted by molar-refractivity contribution is 7.89. The fourth-order valence-corrected chi connectivity index (χ4v) is 2.34. The van der Waals surface area contributed by atoms with E-state index in [0.717, 1.165) is 5.56 Å². The minimum atomic E-state index is -3.58. The molecule has 0 spiro atoms. The van der Waals surface area contributed by atoms with Crippen molar-refractivity contribution in [3.63, 3.8) is 0 Å². The predicted octanol–water partition coefficient (Wildman–Crippen LogP) is 0.820. The quantitative estimate of drug-likeness (QED) is 0.750. The molecule has 1 atom stereocenters. The molecule has 1 unspecified atom stereocenters. The summed E-state index contributed by atoms with van der Waals surface area (Å²) >= 11 is 0. The molecule has 5 heteroatoms. The van der Waals surface area contributed by atoms with Crippen molar-refractivity contribution in [3.05, 3.63) is 42.5 Å². The number of rotatable bonds is 5. The molecule has 1 aromatic carbocycles. The van der Waals surface area contributed by atoms with Crippen LogP contribution in [0, 0.1) is 6.92 Å². The number of aryl methyl sites for hydroxylation is 1. The van der Waals surface area contributed by atoms with Crippen molar-refractivity contribution >= 4 is 10.0 Å². The van der Waals surface area contributed by atoms with Gasteiger partial charge in [-0.15, -0.1) is 6.58 Å². The molecule has 16 heavy (non-hydrogen) atoms. The Morgan fingerprint density at radius 3 is 2.44 bits per heavy atom. The predicted molar refractivity (Wildman–Crippen MR) is 62.6 cm³/mol. The number of sulfonamides is 1. The minimum Gasteiger partial charge on any atom is -0.394 e. The molecule has 0 saturated heterocycles. The number of hydrogen-bond donors (Lipinski definition) is 2. The highest BCUT2D eigenvalue weighted by Crippen LogP contribution is 2.10. The third kappa shape index (κ3) is 3.16. The Balaban J connectivity index is 2.94. The Bertz CT molecular complexity index is 451. The molecule has 0 saturated carbocycles. The molecule has 0 heterocycles. The lowest BCUT2D eigenvalue weighted by atomic mass is 10.2. The van der Waals surface area contributed by atoms with Crippen LogP contribution in [0.3, 0.4) is 0 Å². The van der Waals surface area contributed by atoms with Crippen LogP contribution in [-0.2, 0) is 10.0 Å². The number of hydrogen-bond acceptors (Lipinski definition) is 3. The lowest BCUT2D eigenvalue weighted by Crippen LogP contribution is -2.35. The van der Waals surface area contributed by atoms with E-state index in [1.165, 1.54) is 18.2 Å². The zero-order chi connectivity index (χ0) is 12.2. The van der Waals surface area contributed by atoms with Crippen LogP contribution in [0.5, 0.6) is 0 Å². The Morgan fingerprint density at radius 2 is 2.00 bits per heavy atom. The molecule has 0 aliphatic heterocycles. The molecule has 0 radical (unpaired) electrons. The maximum Gasteiger partial charge on any atom is 0.241 e. The molecule has 0 aliphatic carbocycles. The van der Waals surface area contributed by atoms with E-state index >= 15 is 0 Å². The lowest BCUT2D eigenvalue weighted by molar-refractivity contribution is 0.276. The second-order valence-corrected chi connectivity index (χ2v) is 5.17. The standard InChI is InChI=1S/C11H15NO3S/c1-3-10(8-13)12-16(14,15)11-6-4-9(2)5-7-11/h3-7,10,12-13H,1,8H2,2H3. The molecule has 2 N–H and O–H groups in total. The number of aliphatic hydroxyl groups is 1. The van der Waals surface area contributed by atoms with Crippen molar-refractivity contribution in [2.45, 2.75) is 17.9 Å². The van der Waals surface area contributed by atoms with Gasteiger partial charge in [-0.3, -0.25) is 0 Å². The molecule has 0 aromatic heterocycles. The van der Waals surface area contributed by atoms with E-state index in [1.54, 1.807) is 12.1 Å². The maximum atomic E-state index is 11.8. The van der Waals surface area contributed by atoms with E-state index in [1.807, 2.05) is 6.92 Å². The summed E-state index contributed by atoms with van der Waals surface area (Å²) in [4.78, 5) is 0.179. The van der Waals surface area contributed by atoms with Gasteiger partial charge in [0.25, 0.3) is 0 Å². The van der Waals surface area contributed by atoms with Crippen LogP contribution < -0.4 is 4.72 Å². The first-order valence-corrected chi connectivity index (χ1v) is 6.30. The Kier molecular flexibility index (Phi) is 4.23. The van der Waals surface area contributed by atoms with E-state index < -0.39 is 16.1 Å². The van der Waals surface area contributed by atoms with Crippen LogP contribution in [0.25, 0.3) is 0 Å². The van der Waals surface area contributed by atoms with Crippen LogP contribution in [0.2, 0.25) is 0 Å². The van der Waals surface area contributed by atoms with Gasteiger partial charge in [-0.25, -0.2) is 13.1 Å². The first-order chi connectivity index (χ1) is 7.49. The molecule has 0 aliphatic rings. The molecular formula is C11H15NO3S. The molecular weight excluding hydrogens is 226 g/mol. The van der Waals surface area contributed by atoms with Gasteiger partial charge in [0, 0.05) is 0 Å². The number of benzene rings is 1. The van der Waals surface area contributed by atoms with Crippen LogP contribution in [0.4, 0.5) is 0 Å². The first kappa shape index (κ1) is 12.9. The third-order valence-corrected chi connectivity index (χ3v) is 3.62. The topological polar surface area (TPSA) is 66.4 Å². The summed E-state index contributed by atoms with van der Waals surface area (Å²) in [7, 11) is -3.58. The highest BCUT2D eigenvalue weighted by atomic mass is 32.2. The van der Waals surface area contributed by atoms with Gasteiger partial charge in [-0.2, -0.15) is 0 Å². The third-order valence-electron chi connectivity index (χ3n) is 2.12. The van der Waals surface area contributed by atoms with Crippen molar-refractivity contribution in [2.24, 2.45) is 0 Å². The van der Waals surface area contributed by atoms with Gasteiger partial charge in [0.2, 0.25) is 10.0 Å². The molecule has 1 aromatic rings. The van der Waals surface area contributed by atoms with Crippen molar-refractivity contribution < 1.29 is 13.5 Å². The molecule has 0 fully saturated rings. The summed E-state index contributed by atoms with van der Waals surface area (Å²) in [6.07, 6.45) is 1.35. The van der Waals surface area contributed by atoms with Gasteiger partial charge in [-0.1, -0.05) is 23.8 Å². The lowest BCUT2D eigenvalue weighted by Gasteiger charge is -2.12. The van der Waals surface area contributed by atoms with Gasteiger partial charge in [0.05, 0.1) is 17.5 Å². The normalized spacial score (nSPS) is 13.4. The smallest absolute Gasteiger partial charge is 0.241 e.